The monoisotopic (exact) mass is 263 g/mol. The number of hydrogen-bond acceptors (Lipinski definition) is 2. The molecular formula is C16H25NS. The first-order valence-corrected chi connectivity index (χ1v) is 7.80. The lowest BCUT2D eigenvalue weighted by Gasteiger charge is -2.36. The fourth-order valence-electron chi connectivity index (χ4n) is 2.55. The van der Waals surface area contributed by atoms with Crippen molar-refractivity contribution in [1.29, 1.82) is 0 Å². The van der Waals surface area contributed by atoms with E-state index in [1.54, 1.807) is 5.56 Å². The first-order valence-electron chi connectivity index (χ1n) is 6.81. The van der Waals surface area contributed by atoms with Gasteiger partial charge >= 0.3 is 0 Å². The molecule has 1 aromatic carbocycles. The highest BCUT2D eigenvalue weighted by atomic mass is 32.2. The molecule has 2 unspecified atom stereocenters. The summed E-state index contributed by atoms with van der Waals surface area (Å²) in [6, 6.07) is 9.49. The lowest BCUT2D eigenvalue weighted by molar-refractivity contribution is 0.136. The second kappa shape index (κ2) is 5.26. The molecule has 1 aliphatic heterocycles. The standard InChI is InChI=1S/C16H25NS/c1-12(16(2,3)4)17(5)10-13-11-18-15-9-7-6-8-14(13)15/h6-9,12-13H,10-11H2,1-5H3. The van der Waals surface area contributed by atoms with Crippen molar-refractivity contribution in [3.8, 4) is 0 Å². The Hall–Kier alpha value is -0.470. The van der Waals surface area contributed by atoms with Crippen LogP contribution in [0.1, 0.15) is 39.2 Å². The highest BCUT2D eigenvalue weighted by Crippen LogP contribution is 2.40. The Kier molecular flexibility index (Phi) is 4.08. The van der Waals surface area contributed by atoms with E-state index in [0.29, 0.717) is 17.4 Å². The molecule has 0 aliphatic carbocycles. The van der Waals surface area contributed by atoms with Gasteiger partial charge in [0.15, 0.2) is 0 Å². The van der Waals surface area contributed by atoms with Gasteiger partial charge in [0, 0.05) is 29.2 Å². The Morgan fingerprint density at radius 1 is 1.33 bits per heavy atom. The molecule has 0 saturated carbocycles. The van der Waals surface area contributed by atoms with Crippen molar-refractivity contribution >= 4 is 11.8 Å². The van der Waals surface area contributed by atoms with Crippen LogP contribution in [0.5, 0.6) is 0 Å². The molecule has 100 valence electrons. The average molecular weight is 263 g/mol. The summed E-state index contributed by atoms with van der Waals surface area (Å²) < 4.78 is 0. The topological polar surface area (TPSA) is 3.24 Å². The van der Waals surface area contributed by atoms with Crippen LogP contribution in [0.3, 0.4) is 0 Å². The van der Waals surface area contributed by atoms with E-state index in [2.05, 4.69) is 63.9 Å². The van der Waals surface area contributed by atoms with Crippen LogP contribution in [0.25, 0.3) is 0 Å². The minimum absolute atomic E-state index is 0.347. The molecule has 0 fully saturated rings. The minimum Gasteiger partial charge on any atom is -0.303 e. The maximum atomic E-state index is 2.52. The van der Waals surface area contributed by atoms with E-state index in [9.17, 15) is 0 Å². The Bertz CT molecular complexity index is 408. The Labute approximate surface area is 116 Å². The van der Waals surface area contributed by atoms with Crippen LogP contribution in [-0.4, -0.2) is 30.3 Å². The predicted octanol–water partition coefficient (Wildman–Crippen LogP) is 4.24. The van der Waals surface area contributed by atoms with Crippen LogP contribution >= 0.6 is 11.8 Å². The van der Waals surface area contributed by atoms with Gasteiger partial charge in [0.1, 0.15) is 0 Å². The summed E-state index contributed by atoms with van der Waals surface area (Å²) in [4.78, 5) is 4.01. The molecule has 2 atom stereocenters. The molecule has 1 nitrogen and oxygen atoms in total. The molecule has 0 bridgehead atoms. The number of thioether (sulfide) groups is 1. The summed E-state index contributed by atoms with van der Waals surface area (Å²) in [5, 5.41) is 0. The van der Waals surface area contributed by atoms with Crippen molar-refractivity contribution in [2.45, 2.75) is 44.6 Å². The predicted molar refractivity (Wildman–Crippen MR) is 81.5 cm³/mol. The molecule has 0 radical (unpaired) electrons. The van der Waals surface area contributed by atoms with Gasteiger partial charge < -0.3 is 4.90 Å². The quantitative estimate of drug-likeness (QED) is 0.802. The van der Waals surface area contributed by atoms with Gasteiger partial charge in [-0.25, -0.2) is 0 Å². The molecule has 0 spiro atoms. The van der Waals surface area contributed by atoms with Gasteiger partial charge in [-0.15, -0.1) is 11.8 Å². The third-order valence-corrected chi connectivity index (χ3v) is 5.47. The van der Waals surface area contributed by atoms with Crippen molar-refractivity contribution in [3.63, 3.8) is 0 Å². The fraction of sp³-hybridized carbons (Fsp3) is 0.625. The summed E-state index contributed by atoms with van der Waals surface area (Å²) in [5.41, 5.74) is 1.90. The van der Waals surface area contributed by atoms with Gasteiger partial charge in [-0.2, -0.15) is 0 Å². The number of benzene rings is 1. The van der Waals surface area contributed by atoms with Crippen molar-refractivity contribution in [3.05, 3.63) is 29.8 Å². The van der Waals surface area contributed by atoms with E-state index in [1.165, 1.54) is 17.2 Å². The molecule has 1 aliphatic rings. The van der Waals surface area contributed by atoms with E-state index in [0.717, 1.165) is 0 Å². The zero-order valence-electron chi connectivity index (χ0n) is 12.2. The summed E-state index contributed by atoms with van der Waals surface area (Å²) in [5.74, 6) is 1.93. The summed E-state index contributed by atoms with van der Waals surface area (Å²) in [6.07, 6.45) is 0. The third kappa shape index (κ3) is 2.92. The number of hydrogen-bond donors (Lipinski definition) is 0. The number of nitrogens with zero attached hydrogens (tertiary/aromatic N) is 1. The van der Waals surface area contributed by atoms with Crippen LogP contribution in [0.15, 0.2) is 29.2 Å². The van der Waals surface area contributed by atoms with Crippen molar-refractivity contribution < 1.29 is 0 Å². The van der Waals surface area contributed by atoms with Crippen molar-refractivity contribution in [1.82, 2.24) is 4.90 Å². The molecule has 0 aromatic heterocycles. The maximum Gasteiger partial charge on any atom is 0.0113 e. The minimum atomic E-state index is 0.347. The van der Waals surface area contributed by atoms with E-state index in [-0.39, 0.29) is 0 Å². The van der Waals surface area contributed by atoms with Crippen molar-refractivity contribution in [2.75, 3.05) is 19.3 Å². The third-order valence-electron chi connectivity index (χ3n) is 4.22. The lowest BCUT2D eigenvalue weighted by atomic mass is 9.86. The number of rotatable bonds is 3. The van der Waals surface area contributed by atoms with Gasteiger partial charge in [0.05, 0.1) is 0 Å². The largest absolute Gasteiger partial charge is 0.303 e. The second-order valence-corrected chi connectivity index (χ2v) is 7.59. The number of likely N-dealkylation sites (N-methyl/N-ethyl adjacent to an activating group) is 1. The number of fused-ring (bicyclic) bond motifs is 1. The first-order chi connectivity index (χ1) is 8.39. The highest BCUT2D eigenvalue weighted by molar-refractivity contribution is 7.99. The SMILES string of the molecule is CC(N(C)CC1CSc2ccccc21)C(C)(C)C. The van der Waals surface area contributed by atoms with Crippen LogP contribution < -0.4 is 0 Å². The average Bonchev–Trinajstić information content (AvgIpc) is 2.70. The zero-order chi connectivity index (χ0) is 13.3. The van der Waals surface area contributed by atoms with E-state index >= 15 is 0 Å². The zero-order valence-corrected chi connectivity index (χ0v) is 13.1. The van der Waals surface area contributed by atoms with Crippen molar-refractivity contribution in [2.24, 2.45) is 5.41 Å². The lowest BCUT2D eigenvalue weighted by Crippen LogP contribution is -2.41. The Balaban J connectivity index is 2.04. The molecule has 2 rings (SSSR count). The molecule has 2 heteroatoms. The van der Waals surface area contributed by atoms with Crippen LogP contribution in [0.4, 0.5) is 0 Å². The first kappa shape index (κ1) is 14.0. The molecule has 18 heavy (non-hydrogen) atoms. The molecule has 0 amide bonds. The van der Waals surface area contributed by atoms with Gasteiger partial charge in [-0.05, 0) is 31.0 Å². The summed E-state index contributed by atoms with van der Waals surface area (Å²) in [6.45, 7) is 10.5. The van der Waals surface area contributed by atoms with Gasteiger partial charge in [0.2, 0.25) is 0 Å². The summed E-state index contributed by atoms with van der Waals surface area (Å²) in [7, 11) is 2.27. The maximum absolute atomic E-state index is 2.52. The Morgan fingerprint density at radius 2 is 2.00 bits per heavy atom. The fourth-order valence-corrected chi connectivity index (χ4v) is 3.79. The van der Waals surface area contributed by atoms with E-state index < -0.39 is 0 Å². The molecule has 1 heterocycles. The molecule has 0 N–H and O–H groups in total. The van der Waals surface area contributed by atoms with Crippen LogP contribution in [0, 0.1) is 5.41 Å². The smallest absolute Gasteiger partial charge is 0.0113 e. The molecular weight excluding hydrogens is 238 g/mol. The molecule has 1 aromatic rings. The van der Waals surface area contributed by atoms with Crippen LogP contribution in [0.2, 0.25) is 0 Å². The van der Waals surface area contributed by atoms with Crippen LogP contribution in [-0.2, 0) is 0 Å². The Morgan fingerprint density at radius 3 is 2.67 bits per heavy atom. The van der Waals surface area contributed by atoms with Gasteiger partial charge in [-0.3, -0.25) is 0 Å². The molecule has 0 saturated heterocycles. The normalized spacial score (nSPS) is 21.1. The van der Waals surface area contributed by atoms with Gasteiger partial charge in [-0.1, -0.05) is 39.0 Å². The summed E-state index contributed by atoms with van der Waals surface area (Å²) >= 11 is 2.01. The highest BCUT2D eigenvalue weighted by Gasteiger charge is 2.29. The van der Waals surface area contributed by atoms with Gasteiger partial charge in [0.25, 0.3) is 0 Å². The van der Waals surface area contributed by atoms with E-state index in [4.69, 9.17) is 0 Å². The van der Waals surface area contributed by atoms with E-state index in [1.807, 2.05) is 11.8 Å². The second-order valence-electron chi connectivity index (χ2n) is 6.53.